The highest BCUT2D eigenvalue weighted by Crippen LogP contribution is 2.24. The number of amidine groups is 1. The molecule has 1 aromatic heterocycles. The molecule has 0 unspecified atom stereocenters. The summed E-state index contributed by atoms with van der Waals surface area (Å²) >= 11 is 0. The number of anilines is 1. The molecule has 0 saturated carbocycles. The third-order valence-electron chi connectivity index (χ3n) is 4.85. The highest BCUT2D eigenvalue weighted by atomic mass is 16.3. The van der Waals surface area contributed by atoms with E-state index in [4.69, 9.17) is 21.0 Å². The van der Waals surface area contributed by atoms with Gasteiger partial charge in [0.25, 0.3) is 0 Å². The lowest BCUT2D eigenvalue weighted by atomic mass is 9.98. The SMILES string of the molecule is CC(C)Nc1coc(C2=CC(=N)CC=C2)c(CC(=O)NCc2ccc(C(=N)N)cc2)c1=O. The second-order valence-corrected chi connectivity index (χ2v) is 7.88. The molecule has 0 radical (unpaired) electrons. The van der Waals surface area contributed by atoms with Crippen LogP contribution in [-0.2, 0) is 17.8 Å². The summed E-state index contributed by atoms with van der Waals surface area (Å²) in [5.41, 5.74) is 8.14. The van der Waals surface area contributed by atoms with Gasteiger partial charge in [-0.25, -0.2) is 0 Å². The molecular formula is C24H27N5O3. The van der Waals surface area contributed by atoms with E-state index in [-0.39, 0.29) is 41.7 Å². The molecular weight excluding hydrogens is 406 g/mol. The second kappa shape index (κ2) is 9.91. The number of amides is 1. The lowest BCUT2D eigenvalue weighted by Crippen LogP contribution is -2.29. The number of carbonyl (C=O) groups is 1. The molecule has 166 valence electrons. The summed E-state index contributed by atoms with van der Waals surface area (Å²) in [5.74, 6) is -0.0498. The number of nitrogens with two attached hydrogens (primary N) is 1. The van der Waals surface area contributed by atoms with Gasteiger partial charge in [-0.1, -0.05) is 36.4 Å². The van der Waals surface area contributed by atoms with Crippen LogP contribution in [0.2, 0.25) is 0 Å². The van der Waals surface area contributed by atoms with Gasteiger partial charge in [0.15, 0.2) is 0 Å². The van der Waals surface area contributed by atoms with Gasteiger partial charge in [-0.05, 0) is 25.5 Å². The molecule has 0 aliphatic heterocycles. The molecule has 32 heavy (non-hydrogen) atoms. The van der Waals surface area contributed by atoms with Crippen LogP contribution in [0, 0.1) is 10.8 Å². The van der Waals surface area contributed by atoms with Gasteiger partial charge in [-0.3, -0.25) is 15.0 Å². The van der Waals surface area contributed by atoms with Crippen LogP contribution < -0.4 is 21.8 Å². The zero-order valence-electron chi connectivity index (χ0n) is 18.1. The fourth-order valence-electron chi connectivity index (χ4n) is 3.30. The number of hydrogen-bond acceptors (Lipinski definition) is 6. The number of rotatable bonds is 8. The highest BCUT2D eigenvalue weighted by molar-refractivity contribution is 6.03. The van der Waals surface area contributed by atoms with Gasteiger partial charge in [-0.15, -0.1) is 0 Å². The Morgan fingerprint density at radius 2 is 1.97 bits per heavy atom. The van der Waals surface area contributed by atoms with Crippen LogP contribution in [0.25, 0.3) is 5.57 Å². The van der Waals surface area contributed by atoms with E-state index in [0.29, 0.717) is 34.7 Å². The van der Waals surface area contributed by atoms with Crippen molar-refractivity contribution < 1.29 is 9.21 Å². The first kappa shape index (κ1) is 22.7. The van der Waals surface area contributed by atoms with Gasteiger partial charge < -0.3 is 26.2 Å². The Balaban J connectivity index is 1.83. The van der Waals surface area contributed by atoms with E-state index in [1.54, 1.807) is 36.4 Å². The normalized spacial score (nSPS) is 13.1. The first-order valence-corrected chi connectivity index (χ1v) is 10.3. The largest absolute Gasteiger partial charge is 0.462 e. The summed E-state index contributed by atoms with van der Waals surface area (Å²) in [4.78, 5) is 25.8. The number of nitrogens with one attached hydrogen (secondary N) is 4. The van der Waals surface area contributed by atoms with E-state index >= 15 is 0 Å². The van der Waals surface area contributed by atoms with Crippen molar-refractivity contribution in [3.05, 3.63) is 81.4 Å². The molecule has 0 saturated heterocycles. The van der Waals surface area contributed by atoms with Crippen molar-refractivity contribution in [2.24, 2.45) is 5.73 Å². The van der Waals surface area contributed by atoms with E-state index in [1.807, 2.05) is 19.9 Å². The van der Waals surface area contributed by atoms with E-state index < -0.39 is 0 Å². The van der Waals surface area contributed by atoms with Gasteiger partial charge in [0.05, 0.1) is 12.0 Å². The van der Waals surface area contributed by atoms with Crippen molar-refractivity contribution in [1.82, 2.24) is 5.32 Å². The standard InChI is InChI=1S/C24H27N5O3/c1-14(2)29-20-13-32-23(17-4-3-5-18(25)10-17)19(22(20)31)11-21(30)28-12-15-6-8-16(9-7-15)24(26)27/h3-4,6-10,13-14,25,29H,5,11-12H2,1-2H3,(H3,26,27)(H,28,30). The summed E-state index contributed by atoms with van der Waals surface area (Å²) in [6.07, 6.45) is 6.99. The van der Waals surface area contributed by atoms with E-state index in [9.17, 15) is 9.59 Å². The molecule has 1 aliphatic carbocycles. The zero-order chi connectivity index (χ0) is 23.3. The Hall–Kier alpha value is -3.94. The van der Waals surface area contributed by atoms with Crippen molar-refractivity contribution in [1.29, 1.82) is 10.8 Å². The molecule has 8 nitrogen and oxygen atoms in total. The monoisotopic (exact) mass is 433 g/mol. The van der Waals surface area contributed by atoms with Crippen LogP contribution in [0.1, 0.15) is 42.7 Å². The van der Waals surface area contributed by atoms with Crippen LogP contribution in [0.3, 0.4) is 0 Å². The molecule has 3 rings (SSSR count). The van der Waals surface area contributed by atoms with Crippen molar-refractivity contribution in [2.45, 2.75) is 39.3 Å². The minimum Gasteiger partial charge on any atom is -0.462 e. The van der Waals surface area contributed by atoms with E-state index in [0.717, 1.165) is 5.56 Å². The predicted molar refractivity (Wildman–Crippen MR) is 126 cm³/mol. The van der Waals surface area contributed by atoms with Crippen LogP contribution in [0.4, 0.5) is 5.69 Å². The molecule has 1 aromatic carbocycles. The molecule has 2 aromatic rings. The number of carbonyl (C=O) groups excluding carboxylic acids is 1. The maximum atomic E-state index is 13.1. The zero-order valence-corrected chi connectivity index (χ0v) is 18.1. The lowest BCUT2D eigenvalue weighted by Gasteiger charge is -2.15. The average molecular weight is 434 g/mol. The first-order valence-electron chi connectivity index (χ1n) is 10.3. The molecule has 6 N–H and O–H groups in total. The van der Waals surface area contributed by atoms with E-state index in [2.05, 4.69) is 10.6 Å². The average Bonchev–Trinajstić information content (AvgIpc) is 2.75. The van der Waals surface area contributed by atoms with Crippen molar-refractivity contribution in [3.63, 3.8) is 0 Å². The number of benzene rings is 1. The molecule has 1 amide bonds. The quantitative estimate of drug-likeness (QED) is 0.321. The minimum atomic E-state index is -0.327. The minimum absolute atomic E-state index is 0.0189. The third kappa shape index (κ3) is 5.60. The van der Waals surface area contributed by atoms with Crippen LogP contribution >= 0.6 is 0 Å². The maximum absolute atomic E-state index is 13.1. The number of nitrogen functional groups attached to an aromatic ring is 1. The van der Waals surface area contributed by atoms with Crippen LogP contribution in [0.15, 0.2) is 58.0 Å². The van der Waals surface area contributed by atoms with Gasteiger partial charge in [0.1, 0.15) is 23.5 Å². The molecule has 1 aliphatic rings. The van der Waals surface area contributed by atoms with Crippen molar-refractivity contribution in [3.8, 4) is 0 Å². The molecule has 1 heterocycles. The molecule has 0 spiro atoms. The Bertz CT molecular complexity index is 1160. The van der Waals surface area contributed by atoms with Gasteiger partial charge in [0.2, 0.25) is 11.3 Å². The summed E-state index contributed by atoms with van der Waals surface area (Å²) < 4.78 is 5.77. The Labute approximate surface area is 186 Å². The van der Waals surface area contributed by atoms with Crippen molar-refractivity contribution in [2.75, 3.05) is 5.32 Å². The van der Waals surface area contributed by atoms with Gasteiger partial charge >= 0.3 is 0 Å². The molecule has 0 bridgehead atoms. The fraction of sp³-hybridized carbons (Fsp3) is 0.250. The number of allylic oxidation sites excluding steroid dienone is 4. The maximum Gasteiger partial charge on any atom is 0.224 e. The predicted octanol–water partition coefficient (Wildman–Crippen LogP) is 2.97. The fourth-order valence-corrected chi connectivity index (χ4v) is 3.30. The Morgan fingerprint density at radius 3 is 2.59 bits per heavy atom. The summed E-state index contributed by atoms with van der Waals surface area (Å²) in [7, 11) is 0. The number of hydrogen-bond donors (Lipinski definition) is 5. The summed E-state index contributed by atoms with van der Waals surface area (Å²) in [6.45, 7) is 4.09. The molecule has 8 heteroatoms. The van der Waals surface area contributed by atoms with Gasteiger partial charge in [-0.2, -0.15) is 0 Å². The topological polar surface area (TPSA) is 145 Å². The third-order valence-corrected chi connectivity index (χ3v) is 4.85. The second-order valence-electron chi connectivity index (χ2n) is 7.88. The first-order chi connectivity index (χ1) is 15.2. The summed E-state index contributed by atoms with van der Waals surface area (Å²) in [6, 6.07) is 7.02. The smallest absolute Gasteiger partial charge is 0.224 e. The Morgan fingerprint density at radius 1 is 1.25 bits per heavy atom. The van der Waals surface area contributed by atoms with Crippen molar-refractivity contribution >= 4 is 28.7 Å². The van der Waals surface area contributed by atoms with Gasteiger partial charge in [0, 0.05) is 35.9 Å². The van der Waals surface area contributed by atoms with Crippen LogP contribution in [0.5, 0.6) is 0 Å². The Kier molecular flexibility index (Phi) is 7.04. The summed E-state index contributed by atoms with van der Waals surface area (Å²) in [5, 5.41) is 21.2. The molecule has 0 fully saturated rings. The van der Waals surface area contributed by atoms with Crippen LogP contribution in [-0.4, -0.2) is 23.5 Å². The highest BCUT2D eigenvalue weighted by Gasteiger charge is 2.20. The lowest BCUT2D eigenvalue weighted by molar-refractivity contribution is -0.120. The van der Waals surface area contributed by atoms with E-state index in [1.165, 1.54) is 6.26 Å². The molecule has 0 atom stereocenters.